The lowest BCUT2D eigenvalue weighted by molar-refractivity contribution is 0.0723. The van der Waals surface area contributed by atoms with Crippen LogP contribution in [0.5, 0.6) is 0 Å². The lowest BCUT2D eigenvalue weighted by Gasteiger charge is -2.29. The molecule has 56 valence electrons. The van der Waals surface area contributed by atoms with Gasteiger partial charge in [0.2, 0.25) is 0 Å². The summed E-state index contributed by atoms with van der Waals surface area (Å²) >= 11 is 0. The van der Waals surface area contributed by atoms with Crippen LogP contribution in [0.2, 0.25) is 0 Å². The molecule has 1 aliphatic rings. The highest BCUT2D eigenvalue weighted by Gasteiger charge is 2.28. The average Bonchev–Trinajstić information content (AvgIpc) is 1.96. The maximum atomic E-state index is 9.69. The molecule has 0 fully saturated rings. The fourth-order valence-electron chi connectivity index (χ4n) is 1.04. The summed E-state index contributed by atoms with van der Waals surface area (Å²) in [5.41, 5.74) is 4.82. The Bertz CT molecular complexity index is 174. The number of aliphatic hydroxyl groups is 1. The molecule has 0 aliphatic heterocycles. The number of rotatable bonds is 1. The van der Waals surface area contributed by atoms with Crippen molar-refractivity contribution >= 4 is 0 Å². The molecule has 0 amide bonds. The van der Waals surface area contributed by atoms with Gasteiger partial charge in [-0.1, -0.05) is 31.2 Å². The highest BCUT2D eigenvalue weighted by molar-refractivity contribution is 5.23. The summed E-state index contributed by atoms with van der Waals surface area (Å²) in [7, 11) is 0. The molecule has 1 aliphatic carbocycles. The molecule has 10 heavy (non-hydrogen) atoms. The van der Waals surface area contributed by atoms with Crippen molar-refractivity contribution in [2.75, 3.05) is 0 Å². The van der Waals surface area contributed by atoms with E-state index in [1.54, 1.807) is 6.08 Å². The van der Waals surface area contributed by atoms with E-state index in [1.165, 1.54) is 0 Å². The van der Waals surface area contributed by atoms with Gasteiger partial charge in [-0.05, 0) is 6.42 Å². The summed E-state index contributed by atoms with van der Waals surface area (Å²) < 4.78 is 0. The summed E-state index contributed by atoms with van der Waals surface area (Å²) in [6.45, 7) is 1.92. The van der Waals surface area contributed by atoms with Gasteiger partial charge in [-0.2, -0.15) is 0 Å². The standard InChI is InChI=1S/C8H13NO/c1-2-8(10)6-4-3-5-7(8)9/h3-7,10H,2,9H2,1H3/t7?,8-/m0/s1. The Morgan fingerprint density at radius 1 is 1.60 bits per heavy atom. The van der Waals surface area contributed by atoms with Gasteiger partial charge >= 0.3 is 0 Å². The monoisotopic (exact) mass is 139 g/mol. The summed E-state index contributed by atoms with van der Waals surface area (Å²) in [5, 5.41) is 9.69. The molecular weight excluding hydrogens is 126 g/mol. The van der Waals surface area contributed by atoms with Gasteiger partial charge in [-0.3, -0.25) is 0 Å². The van der Waals surface area contributed by atoms with E-state index in [0.717, 1.165) is 0 Å². The van der Waals surface area contributed by atoms with Crippen LogP contribution in [0.1, 0.15) is 13.3 Å². The van der Waals surface area contributed by atoms with Gasteiger partial charge in [0.1, 0.15) is 5.60 Å². The molecule has 0 saturated heterocycles. The Morgan fingerprint density at radius 2 is 2.30 bits per heavy atom. The zero-order valence-corrected chi connectivity index (χ0v) is 6.12. The molecule has 0 saturated carbocycles. The second-order valence-electron chi connectivity index (χ2n) is 2.61. The molecule has 0 heterocycles. The largest absolute Gasteiger partial charge is 0.384 e. The second-order valence-corrected chi connectivity index (χ2v) is 2.61. The third kappa shape index (κ3) is 1.13. The van der Waals surface area contributed by atoms with Crippen molar-refractivity contribution in [2.24, 2.45) is 5.73 Å². The van der Waals surface area contributed by atoms with Crippen molar-refractivity contribution in [3.8, 4) is 0 Å². The first-order valence-electron chi connectivity index (χ1n) is 3.53. The molecule has 1 rings (SSSR count). The Kier molecular flexibility index (Phi) is 1.92. The topological polar surface area (TPSA) is 46.2 Å². The van der Waals surface area contributed by atoms with Gasteiger partial charge in [-0.25, -0.2) is 0 Å². The summed E-state index contributed by atoms with van der Waals surface area (Å²) in [6.07, 6.45) is 7.90. The molecular formula is C8H13NO. The van der Waals surface area contributed by atoms with Gasteiger partial charge in [0.25, 0.3) is 0 Å². The normalized spacial score (nSPS) is 38.5. The molecule has 2 nitrogen and oxygen atoms in total. The maximum Gasteiger partial charge on any atom is 0.101 e. The van der Waals surface area contributed by atoms with Gasteiger partial charge in [0.15, 0.2) is 0 Å². The van der Waals surface area contributed by atoms with Crippen molar-refractivity contribution in [1.82, 2.24) is 0 Å². The van der Waals surface area contributed by atoms with Crippen LogP contribution in [0, 0.1) is 0 Å². The van der Waals surface area contributed by atoms with E-state index in [1.807, 2.05) is 25.2 Å². The molecule has 1 unspecified atom stereocenters. The van der Waals surface area contributed by atoms with Gasteiger partial charge in [-0.15, -0.1) is 0 Å². The predicted octanol–water partition coefficient (Wildman–Crippen LogP) is 0.581. The Labute approximate surface area is 61.0 Å². The van der Waals surface area contributed by atoms with E-state index >= 15 is 0 Å². The molecule has 0 spiro atoms. The van der Waals surface area contributed by atoms with Crippen molar-refractivity contribution < 1.29 is 5.11 Å². The Morgan fingerprint density at radius 3 is 2.70 bits per heavy atom. The SMILES string of the molecule is CC[C@]1(O)C=CC=CC1N. The van der Waals surface area contributed by atoms with Gasteiger partial charge in [0, 0.05) is 0 Å². The van der Waals surface area contributed by atoms with Crippen molar-refractivity contribution in [3.63, 3.8) is 0 Å². The molecule has 0 radical (unpaired) electrons. The first-order chi connectivity index (χ1) is 4.69. The Hall–Kier alpha value is -0.600. The van der Waals surface area contributed by atoms with Crippen molar-refractivity contribution in [3.05, 3.63) is 24.3 Å². The van der Waals surface area contributed by atoms with Crippen LogP contribution in [0.25, 0.3) is 0 Å². The van der Waals surface area contributed by atoms with Crippen molar-refractivity contribution in [2.45, 2.75) is 25.0 Å². The smallest absolute Gasteiger partial charge is 0.101 e. The highest BCUT2D eigenvalue weighted by atomic mass is 16.3. The maximum absolute atomic E-state index is 9.69. The quantitative estimate of drug-likeness (QED) is 0.558. The third-order valence-electron chi connectivity index (χ3n) is 1.96. The highest BCUT2D eigenvalue weighted by Crippen LogP contribution is 2.19. The zero-order valence-electron chi connectivity index (χ0n) is 6.12. The molecule has 0 aromatic carbocycles. The lowest BCUT2D eigenvalue weighted by atomic mass is 9.88. The zero-order chi connectivity index (χ0) is 7.61. The van der Waals surface area contributed by atoms with Gasteiger partial charge in [0.05, 0.1) is 6.04 Å². The van der Waals surface area contributed by atoms with Crippen LogP contribution in [0.3, 0.4) is 0 Å². The van der Waals surface area contributed by atoms with E-state index in [0.29, 0.717) is 6.42 Å². The van der Waals surface area contributed by atoms with E-state index in [-0.39, 0.29) is 6.04 Å². The number of hydrogen-bond donors (Lipinski definition) is 2. The summed E-state index contributed by atoms with van der Waals surface area (Å²) in [4.78, 5) is 0. The number of hydrogen-bond acceptors (Lipinski definition) is 2. The van der Waals surface area contributed by atoms with Crippen LogP contribution in [0.15, 0.2) is 24.3 Å². The van der Waals surface area contributed by atoms with E-state index in [4.69, 9.17) is 5.73 Å². The van der Waals surface area contributed by atoms with E-state index < -0.39 is 5.60 Å². The van der Waals surface area contributed by atoms with Crippen LogP contribution >= 0.6 is 0 Å². The lowest BCUT2D eigenvalue weighted by Crippen LogP contribution is -2.45. The fourth-order valence-corrected chi connectivity index (χ4v) is 1.04. The molecule has 3 N–H and O–H groups in total. The molecule has 2 heteroatoms. The van der Waals surface area contributed by atoms with Gasteiger partial charge < -0.3 is 10.8 Å². The molecule has 0 aromatic rings. The Balaban J connectivity index is 2.77. The predicted molar refractivity (Wildman–Crippen MR) is 41.5 cm³/mol. The fraction of sp³-hybridized carbons (Fsp3) is 0.500. The second kappa shape index (κ2) is 2.56. The van der Waals surface area contributed by atoms with E-state index in [2.05, 4.69) is 0 Å². The number of allylic oxidation sites excluding steroid dienone is 2. The summed E-state index contributed by atoms with van der Waals surface area (Å²) in [5.74, 6) is 0. The van der Waals surface area contributed by atoms with Crippen LogP contribution < -0.4 is 5.73 Å². The number of nitrogens with two attached hydrogens (primary N) is 1. The average molecular weight is 139 g/mol. The minimum Gasteiger partial charge on any atom is -0.384 e. The van der Waals surface area contributed by atoms with Crippen molar-refractivity contribution in [1.29, 1.82) is 0 Å². The first kappa shape index (κ1) is 7.51. The first-order valence-corrected chi connectivity index (χ1v) is 3.53. The molecule has 2 atom stereocenters. The summed E-state index contributed by atoms with van der Waals surface area (Å²) in [6, 6.07) is -0.248. The third-order valence-corrected chi connectivity index (χ3v) is 1.96. The minimum absolute atomic E-state index is 0.248. The van der Waals surface area contributed by atoms with Crippen LogP contribution in [-0.4, -0.2) is 16.7 Å². The van der Waals surface area contributed by atoms with Crippen LogP contribution in [0.4, 0.5) is 0 Å². The van der Waals surface area contributed by atoms with E-state index in [9.17, 15) is 5.11 Å². The molecule has 0 aromatic heterocycles. The minimum atomic E-state index is -0.811. The molecule has 0 bridgehead atoms. The van der Waals surface area contributed by atoms with Crippen LogP contribution in [-0.2, 0) is 0 Å².